The van der Waals surface area contributed by atoms with Crippen molar-refractivity contribution in [3.63, 3.8) is 0 Å². The lowest BCUT2D eigenvalue weighted by Gasteiger charge is -2.24. The molecule has 3 aromatic carbocycles. The van der Waals surface area contributed by atoms with Gasteiger partial charge in [0.25, 0.3) is 0 Å². The number of hydrogen-bond donors (Lipinski definition) is 6. The maximum absolute atomic E-state index is 13.3. The lowest BCUT2D eigenvalue weighted by atomic mass is 10.0. The molecule has 7 N–H and O–H groups in total. The number of aromatic amines is 1. The summed E-state index contributed by atoms with van der Waals surface area (Å²) in [6, 6.07) is 21.7. The number of H-pyrrole nitrogens is 1. The average molecular weight is 570 g/mol. The van der Waals surface area contributed by atoms with Gasteiger partial charge in [-0.2, -0.15) is 0 Å². The van der Waals surface area contributed by atoms with Crippen LogP contribution in [0.2, 0.25) is 0 Å². The van der Waals surface area contributed by atoms with Gasteiger partial charge in [-0.15, -0.1) is 0 Å². The number of carboxylic acids is 1. The molecule has 218 valence electrons. The Balaban J connectivity index is 1.41. The van der Waals surface area contributed by atoms with Crippen LogP contribution in [0.15, 0.2) is 91.1 Å². The standard InChI is InChI=1S/C32H35N5O5/c1-20(29(38)37-28(32(41)42)18-23-19-34-26-15-9-8-14-24(23)26)35-31(40)27(17-22-12-6-3-7-13-22)36-30(39)25(33)16-21-10-4-2-5-11-21/h2-15,19-20,25,27-28,34H,16-18,33H2,1H3,(H,35,40)(H,36,39)(H,37,38)(H,41,42). The number of nitrogens with two attached hydrogens (primary N) is 1. The molecular formula is C32H35N5O5. The topological polar surface area (TPSA) is 166 Å². The maximum Gasteiger partial charge on any atom is 0.326 e. The summed E-state index contributed by atoms with van der Waals surface area (Å²) in [5, 5.41) is 18.5. The van der Waals surface area contributed by atoms with E-state index in [9.17, 15) is 24.3 Å². The second kappa shape index (κ2) is 14.1. The van der Waals surface area contributed by atoms with Crippen LogP contribution in [0.25, 0.3) is 10.9 Å². The number of nitrogens with one attached hydrogen (secondary N) is 4. The zero-order valence-corrected chi connectivity index (χ0v) is 23.2. The number of aliphatic carboxylic acids is 1. The van der Waals surface area contributed by atoms with E-state index in [0.717, 1.165) is 27.6 Å². The fourth-order valence-corrected chi connectivity index (χ4v) is 4.70. The Bertz CT molecular complexity index is 1520. The second-order valence-electron chi connectivity index (χ2n) is 10.2. The molecule has 0 aliphatic rings. The van der Waals surface area contributed by atoms with Gasteiger partial charge in [-0.1, -0.05) is 78.9 Å². The van der Waals surface area contributed by atoms with E-state index >= 15 is 0 Å². The summed E-state index contributed by atoms with van der Waals surface area (Å²) in [6.07, 6.45) is 2.23. The van der Waals surface area contributed by atoms with E-state index in [1.165, 1.54) is 6.92 Å². The number of carbonyl (C=O) groups is 4. The number of rotatable bonds is 13. The molecule has 10 nitrogen and oxygen atoms in total. The van der Waals surface area contributed by atoms with Crippen LogP contribution in [0.5, 0.6) is 0 Å². The number of hydrogen-bond acceptors (Lipinski definition) is 5. The Labute approximate surface area is 243 Å². The van der Waals surface area contributed by atoms with E-state index in [1.807, 2.05) is 84.9 Å². The minimum Gasteiger partial charge on any atom is -0.480 e. The van der Waals surface area contributed by atoms with Gasteiger partial charge in [-0.25, -0.2) is 4.79 Å². The molecule has 4 atom stereocenters. The summed E-state index contributed by atoms with van der Waals surface area (Å²) < 4.78 is 0. The Morgan fingerprint density at radius 3 is 1.93 bits per heavy atom. The molecule has 4 rings (SSSR count). The van der Waals surface area contributed by atoms with Crippen molar-refractivity contribution in [1.29, 1.82) is 0 Å². The molecule has 0 saturated heterocycles. The summed E-state index contributed by atoms with van der Waals surface area (Å²) >= 11 is 0. The summed E-state index contributed by atoms with van der Waals surface area (Å²) in [4.78, 5) is 54.4. The Morgan fingerprint density at radius 1 is 0.714 bits per heavy atom. The summed E-state index contributed by atoms with van der Waals surface area (Å²) in [5.41, 5.74) is 9.44. The molecule has 3 amide bonds. The van der Waals surface area contributed by atoms with Gasteiger partial charge in [0.2, 0.25) is 17.7 Å². The molecular weight excluding hydrogens is 534 g/mol. The van der Waals surface area contributed by atoms with Gasteiger partial charge < -0.3 is 31.8 Å². The van der Waals surface area contributed by atoms with Crippen molar-refractivity contribution in [2.24, 2.45) is 5.73 Å². The number of amides is 3. The fourth-order valence-electron chi connectivity index (χ4n) is 4.70. The van der Waals surface area contributed by atoms with E-state index in [4.69, 9.17) is 5.73 Å². The zero-order valence-electron chi connectivity index (χ0n) is 23.2. The third kappa shape index (κ3) is 8.05. The van der Waals surface area contributed by atoms with E-state index in [2.05, 4.69) is 20.9 Å². The molecule has 4 unspecified atom stereocenters. The van der Waals surface area contributed by atoms with Crippen LogP contribution in [0, 0.1) is 0 Å². The van der Waals surface area contributed by atoms with Gasteiger partial charge >= 0.3 is 5.97 Å². The molecule has 4 aromatic rings. The quantitative estimate of drug-likeness (QED) is 0.144. The van der Waals surface area contributed by atoms with E-state index in [1.54, 1.807) is 6.20 Å². The fraction of sp³-hybridized carbons (Fsp3) is 0.250. The van der Waals surface area contributed by atoms with Crippen LogP contribution in [0.1, 0.15) is 23.6 Å². The lowest BCUT2D eigenvalue weighted by molar-refractivity contribution is -0.142. The highest BCUT2D eigenvalue weighted by Gasteiger charge is 2.29. The number of para-hydroxylation sites is 1. The summed E-state index contributed by atoms with van der Waals surface area (Å²) in [6.45, 7) is 1.46. The third-order valence-corrected chi connectivity index (χ3v) is 7.02. The average Bonchev–Trinajstić information content (AvgIpc) is 3.40. The Kier molecular flexibility index (Phi) is 10.1. The molecule has 0 aliphatic heterocycles. The second-order valence-corrected chi connectivity index (χ2v) is 10.2. The lowest BCUT2D eigenvalue weighted by Crippen LogP contribution is -2.57. The largest absolute Gasteiger partial charge is 0.480 e. The van der Waals surface area contributed by atoms with Gasteiger partial charge in [-0.05, 0) is 36.1 Å². The van der Waals surface area contributed by atoms with E-state index < -0.39 is 47.9 Å². The molecule has 42 heavy (non-hydrogen) atoms. The van der Waals surface area contributed by atoms with E-state index in [-0.39, 0.29) is 19.3 Å². The highest BCUT2D eigenvalue weighted by atomic mass is 16.4. The van der Waals surface area contributed by atoms with Crippen molar-refractivity contribution in [2.45, 2.75) is 50.4 Å². The first-order valence-corrected chi connectivity index (χ1v) is 13.7. The molecule has 10 heteroatoms. The van der Waals surface area contributed by atoms with Crippen molar-refractivity contribution in [2.75, 3.05) is 0 Å². The molecule has 0 spiro atoms. The number of fused-ring (bicyclic) bond motifs is 1. The van der Waals surface area contributed by atoms with Crippen molar-refractivity contribution in [3.8, 4) is 0 Å². The first-order chi connectivity index (χ1) is 20.2. The third-order valence-electron chi connectivity index (χ3n) is 7.02. The van der Waals surface area contributed by atoms with Crippen LogP contribution in [0.3, 0.4) is 0 Å². The van der Waals surface area contributed by atoms with Crippen LogP contribution in [0.4, 0.5) is 0 Å². The number of benzene rings is 3. The van der Waals surface area contributed by atoms with Gasteiger partial charge in [-0.3, -0.25) is 14.4 Å². The molecule has 0 bridgehead atoms. The maximum atomic E-state index is 13.3. The smallest absolute Gasteiger partial charge is 0.326 e. The number of carboxylic acid groups (broad SMARTS) is 1. The van der Waals surface area contributed by atoms with Gasteiger partial charge in [0, 0.05) is 29.9 Å². The number of aromatic nitrogens is 1. The normalized spacial score (nSPS) is 13.9. The van der Waals surface area contributed by atoms with Gasteiger partial charge in [0.1, 0.15) is 18.1 Å². The molecule has 0 radical (unpaired) electrons. The SMILES string of the molecule is CC(NC(=O)C(Cc1ccccc1)NC(=O)C(N)Cc1ccccc1)C(=O)NC(Cc1c[nH]c2ccccc12)C(=O)O. The number of carbonyl (C=O) groups excluding carboxylic acids is 3. The molecule has 1 aromatic heterocycles. The molecule has 0 fully saturated rings. The predicted octanol–water partition coefficient (Wildman–Crippen LogP) is 2.08. The van der Waals surface area contributed by atoms with Crippen molar-refractivity contribution in [3.05, 3.63) is 108 Å². The highest BCUT2D eigenvalue weighted by molar-refractivity contribution is 5.94. The van der Waals surface area contributed by atoms with Gasteiger partial charge in [0.15, 0.2) is 0 Å². The summed E-state index contributed by atoms with van der Waals surface area (Å²) in [7, 11) is 0. The van der Waals surface area contributed by atoms with Gasteiger partial charge in [0.05, 0.1) is 6.04 Å². The minimum absolute atomic E-state index is 0.0533. The van der Waals surface area contributed by atoms with Crippen LogP contribution >= 0.6 is 0 Å². The molecule has 0 saturated carbocycles. The van der Waals surface area contributed by atoms with Crippen molar-refractivity contribution in [1.82, 2.24) is 20.9 Å². The minimum atomic E-state index is -1.22. The van der Waals surface area contributed by atoms with Crippen LogP contribution < -0.4 is 21.7 Å². The molecule has 0 aliphatic carbocycles. The van der Waals surface area contributed by atoms with Crippen molar-refractivity contribution < 1.29 is 24.3 Å². The monoisotopic (exact) mass is 569 g/mol. The zero-order chi connectivity index (χ0) is 30.1. The first kappa shape index (κ1) is 30.0. The van der Waals surface area contributed by atoms with Crippen LogP contribution in [-0.4, -0.2) is 57.9 Å². The summed E-state index contributed by atoms with van der Waals surface area (Å²) in [5.74, 6) is -2.96. The first-order valence-electron chi connectivity index (χ1n) is 13.7. The van der Waals surface area contributed by atoms with Crippen LogP contribution in [-0.2, 0) is 38.4 Å². The Morgan fingerprint density at radius 2 is 1.29 bits per heavy atom. The Hall–Kier alpha value is -4.96. The van der Waals surface area contributed by atoms with E-state index in [0.29, 0.717) is 0 Å². The highest BCUT2D eigenvalue weighted by Crippen LogP contribution is 2.19. The predicted molar refractivity (Wildman–Crippen MR) is 159 cm³/mol. The van der Waals surface area contributed by atoms with Crippen molar-refractivity contribution >= 4 is 34.6 Å². The molecule has 1 heterocycles.